The summed E-state index contributed by atoms with van der Waals surface area (Å²) >= 11 is 0. The number of fused-ring (bicyclic) bond motifs is 1. The zero-order valence-corrected chi connectivity index (χ0v) is 15.0. The number of aryl methyl sites for hydroxylation is 1. The first-order valence-electron chi connectivity index (χ1n) is 8.15. The van der Waals surface area contributed by atoms with Crippen molar-refractivity contribution in [2.75, 3.05) is 10.6 Å². The molecule has 0 fully saturated rings. The smallest absolute Gasteiger partial charge is 0.229 e. The number of hydrogen-bond acceptors (Lipinski definition) is 5. The van der Waals surface area contributed by atoms with Gasteiger partial charge in [0.15, 0.2) is 0 Å². The number of halogens is 1. The van der Waals surface area contributed by atoms with Crippen LogP contribution in [-0.4, -0.2) is 9.97 Å². The molecule has 2 N–H and O–H groups in total. The maximum absolute atomic E-state index is 5.38. The van der Waals surface area contributed by atoms with Gasteiger partial charge in [-0.2, -0.15) is 4.98 Å². The van der Waals surface area contributed by atoms with Crippen LogP contribution in [0.2, 0.25) is 0 Å². The van der Waals surface area contributed by atoms with E-state index in [1.165, 1.54) is 5.56 Å². The van der Waals surface area contributed by atoms with Gasteiger partial charge in [-0.1, -0.05) is 24.3 Å². The molecule has 5 nitrogen and oxygen atoms in total. The number of hydrogen-bond donors (Lipinski definition) is 2. The fourth-order valence-corrected chi connectivity index (χ4v) is 2.70. The number of para-hydroxylation sites is 1. The van der Waals surface area contributed by atoms with Gasteiger partial charge in [0.05, 0.1) is 18.3 Å². The Morgan fingerprint density at radius 1 is 0.962 bits per heavy atom. The Morgan fingerprint density at radius 3 is 2.65 bits per heavy atom. The Bertz CT molecular complexity index is 1000. The van der Waals surface area contributed by atoms with E-state index in [2.05, 4.69) is 39.7 Å². The molecule has 0 bridgehead atoms. The minimum absolute atomic E-state index is 0. The molecule has 0 aliphatic carbocycles. The highest BCUT2D eigenvalue weighted by Gasteiger charge is 2.08. The maximum Gasteiger partial charge on any atom is 0.229 e. The van der Waals surface area contributed by atoms with Crippen LogP contribution in [0.4, 0.5) is 17.5 Å². The lowest BCUT2D eigenvalue weighted by molar-refractivity contribution is -0.00000568. The molecule has 0 spiro atoms. The summed E-state index contributed by atoms with van der Waals surface area (Å²) in [5.41, 5.74) is 3.03. The third kappa shape index (κ3) is 3.95. The summed E-state index contributed by atoms with van der Waals surface area (Å²) in [6.07, 6.45) is 1.67. The van der Waals surface area contributed by atoms with Crippen molar-refractivity contribution in [1.82, 2.24) is 9.97 Å². The third-order valence-electron chi connectivity index (χ3n) is 3.89. The molecule has 2 aromatic carbocycles. The standard InChI is InChI=1S/C20H18N4O.ClH/c1-14-6-4-7-15(12-14)22-20-23-18-10-3-2-9-17(18)19(24-20)21-13-16-8-5-11-25-16;/h2-12H,13H2,1H3,(H2,21,22,23,24);1H/p-1. The average Bonchev–Trinajstić information content (AvgIpc) is 3.13. The van der Waals surface area contributed by atoms with Gasteiger partial charge in [-0.15, -0.1) is 0 Å². The van der Waals surface area contributed by atoms with Crippen LogP contribution in [0.25, 0.3) is 10.9 Å². The molecule has 0 aliphatic heterocycles. The van der Waals surface area contributed by atoms with Crippen LogP contribution in [0, 0.1) is 6.92 Å². The monoisotopic (exact) mass is 365 g/mol. The molecule has 0 atom stereocenters. The quantitative estimate of drug-likeness (QED) is 0.565. The third-order valence-corrected chi connectivity index (χ3v) is 3.89. The van der Waals surface area contributed by atoms with Crippen molar-refractivity contribution in [3.63, 3.8) is 0 Å². The summed E-state index contributed by atoms with van der Waals surface area (Å²) in [5, 5.41) is 7.60. The Labute approximate surface area is 157 Å². The number of rotatable bonds is 5. The van der Waals surface area contributed by atoms with Crippen LogP contribution in [0.3, 0.4) is 0 Å². The molecule has 0 amide bonds. The summed E-state index contributed by atoms with van der Waals surface area (Å²) in [6, 6.07) is 19.9. The first-order valence-corrected chi connectivity index (χ1v) is 8.15. The lowest BCUT2D eigenvalue weighted by Crippen LogP contribution is -3.00. The van der Waals surface area contributed by atoms with Crippen LogP contribution >= 0.6 is 0 Å². The molecule has 0 saturated carbocycles. The molecule has 26 heavy (non-hydrogen) atoms. The van der Waals surface area contributed by atoms with Crippen LogP contribution in [-0.2, 0) is 6.54 Å². The first kappa shape index (κ1) is 17.8. The van der Waals surface area contributed by atoms with Crippen molar-refractivity contribution in [3.05, 3.63) is 78.3 Å². The molecular formula is C20H18ClN4O-. The Hall–Kier alpha value is -3.05. The normalized spacial score (nSPS) is 10.3. The van der Waals surface area contributed by atoms with Gasteiger partial charge in [-0.3, -0.25) is 0 Å². The topological polar surface area (TPSA) is 63.0 Å². The van der Waals surface area contributed by atoms with E-state index >= 15 is 0 Å². The van der Waals surface area contributed by atoms with Crippen molar-refractivity contribution >= 4 is 28.4 Å². The van der Waals surface area contributed by atoms with E-state index in [9.17, 15) is 0 Å². The molecular weight excluding hydrogens is 348 g/mol. The number of benzene rings is 2. The van der Waals surface area contributed by atoms with E-state index < -0.39 is 0 Å². The highest BCUT2D eigenvalue weighted by molar-refractivity contribution is 5.90. The summed E-state index contributed by atoms with van der Waals surface area (Å²) < 4.78 is 5.38. The van der Waals surface area contributed by atoms with Crippen LogP contribution < -0.4 is 23.0 Å². The molecule has 0 radical (unpaired) electrons. The summed E-state index contributed by atoms with van der Waals surface area (Å²) in [4.78, 5) is 9.27. The van der Waals surface area contributed by atoms with Gasteiger partial charge in [0.1, 0.15) is 11.6 Å². The molecule has 0 unspecified atom stereocenters. The molecule has 2 heterocycles. The van der Waals surface area contributed by atoms with Crippen molar-refractivity contribution < 1.29 is 16.8 Å². The number of anilines is 3. The van der Waals surface area contributed by atoms with Crippen molar-refractivity contribution in [1.29, 1.82) is 0 Å². The van der Waals surface area contributed by atoms with E-state index in [0.717, 1.165) is 28.2 Å². The van der Waals surface area contributed by atoms with E-state index in [-0.39, 0.29) is 12.4 Å². The van der Waals surface area contributed by atoms with Gasteiger partial charge < -0.3 is 27.5 Å². The van der Waals surface area contributed by atoms with Gasteiger partial charge in [0.2, 0.25) is 5.95 Å². The van der Waals surface area contributed by atoms with Gasteiger partial charge in [-0.05, 0) is 48.9 Å². The minimum atomic E-state index is 0. The second-order valence-corrected chi connectivity index (χ2v) is 5.84. The van der Waals surface area contributed by atoms with Crippen molar-refractivity contribution in [3.8, 4) is 0 Å². The molecule has 2 aromatic heterocycles. The average molecular weight is 366 g/mol. The molecule has 132 valence electrons. The Kier molecular flexibility index (Phi) is 5.39. The Balaban J connectivity index is 0.00000196. The predicted octanol–water partition coefficient (Wildman–Crippen LogP) is 1.89. The maximum atomic E-state index is 5.38. The second kappa shape index (κ2) is 7.89. The second-order valence-electron chi connectivity index (χ2n) is 5.84. The number of nitrogens with zero attached hydrogens (tertiary/aromatic N) is 2. The predicted molar refractivity (Wildman–Crippen MR) is 100 cm³/mol. The van der Waals surface area contributed by atoms with Gasteiger partial charge in [-0.25, -0.2) is 4.98 Å². The SMILES string of the molecule is Cc1cccc(Nc2nc(NCc3ccco3)c3ccccc3n2)c1.[Cl-]. The molecule has 0 saturated heterocycles. The number of aromatic nitrogens is 2. The van der Waals surface area contributed by atoms with E-state index in [1.807, 2.05) is 48.5 Å². The van der Waals surface area contributed by atoms with E-state index in [1.54, 1.807) is 6.26 Å². The highest BCUT2D eigenvalue weighted by Crippen LogP contribution is 2.24. The van der Waals surface area contributed by atoms with Crippen LogP contribution in [0.5, 0.6) is 0 Å². The Morgan fingerprint density at radius 2 is 1.85 bits per heavy atom. The zero-order valence-electron chi connectivity index (χ0n) is 14.2. The van der Waals surface area contributed by atoms with Gasteiger partial charge in [0.25, 0.3) is 0 Å². The van der Waals surface area contributed by atoms with Gasteiger partial charge >= 0.3 is 0 Å². The highest BCUT2D eigenvalue weighted by atomic mass is 35.5. The van der Waals surface area contributed by atoms with Crippen molar-refractivity contribution in [2.45, 2.75) is 13.5 Å². The molecule has 4 rings (SSSR count). The zero-order chi connectivity index (χ0) is 17.1. The van der Waals surface area contributed by atoms with Crippen molar-refractivity contribution in [2.24, 2.45) is 0 Å². The fourth-order valence-electron chi connectivity index (χ4n) is 2.70. The lowest BCUT2D eigenvalue weighted by atomic mass is 10.2. The van der Waals surface area contributed by atoms with Crippen LogP contribution in [0.15, 0.2) is 71.3 Å². The molecule has 4 aromatic rings. The first-order chi connectivity index (χ1) is 12.3. The minimum Gasteiger partial charge on any atom is -1.00 e. The summed E-state index contributed by atoms with van der Waals surface area (Å²) in [6.45, 7) is 2.63. The van der Waals surface area contributed by atoms with E-state index in [0.29, 0.717) is 12.5 Å². The summed E-state index contributed by atoms with van der Waals surface area (Å²) in [7, 11) is 0. The largest absolute Gasteiger partial charge is 1.00 e. The van der Waals surface area contributed by atoms with Gasteiger partial charge in [0, 0.05) is 11.1 Å². The summed E-state index contributed by atoms with van der Waals surface area (Å²) in [5.74, 6) is 2.19. The van der Waals surface area contributed by atoms with Crippen LogP contribution in [0.1, 0.15) is 11.3 Å². The molecule has 6 heteroatoms. The fraction of sp³-hybridized carbons (Fsp3) is 0.100. The lowest BCUT2D eigenvalue weighted by Gasteiger charge is -2.11. The van der Waals surface area contributed by atoms with E-state index in [4.69, 9.17) is 4.42 Å². The number of furan rings is 1. The molecule has 0 aliphatic rings. The number of nitrogens with one attached hydrogen (secondary N) is 2.